The molecule has 4 aromatic rings. The summed E-state index contributed by atoms with van der Waals surface area (Å²) in [6.45, 7) is 4.06. The molecule has 0 saturated carbocycles. The van der Waals surface area contributed by atoms with Gasteiger partial charge in [-0.2, -0.15) is 5.26 Å². The highest BCUT2D eigenvalue weighted by atomic mass is 32.2. The minimum atomic E-state index is -0.640. The summed E-state index contributed by atoms with van der Waals surface area (Å²) in [5.41, 5.74) is 2.68. The molecule has 0 aliphatic carbocycles. The van der Waals surface area contributed by atoms with Crippen LogP contribution in [-0.4, -0.2) is 23.9 Å². The van der Waals surface area contributed by atoms with Crippen LogP contribution in [0.3, 0.4) is 0 Å². The third kappa shape index (κ3) is 3.55. The molecule has 160 valence electrons. The predicted molar refractivity (Wildman–Crippen MR) is 122 cm³/mol. The first-order valence-corrected chi connectivity index (χ1v) is 10.6. The highest BCUT2D eigenvalue weighted by molar-refractivity contribution is 7.99. The van der Waals surface area contributed by atoms with Crippen LogP contribution in [0.2, 0.25) is 0 Å². The van der Waals surface area contributed by atoms with E-state index in [2.05, 4.69) is 10.2 Å². The smallest absolute Gasteiger partial charge is 0.289 e. The molecule has 0 radical (unpaired) electrons. The van der Waals surface area contributed by atoms with Crippen LogP contribution in [0.15, 0.2) is 68.3 Å². The number of hydrogen-bond donors (Lipinski definition) is 0. The van der Waals surface area contributed by atoms with Crippen molar-refractivity contribution in [1.82, 2.24) is 23.9 Å². The van der Waals surface area contributed by atoms with Gasteiger partial charge in [0, 0.05) is 19.7 Å². The number of rotatable bonds is 4. The Balaban J connectivity index is 1.97. The standard InChI is InChI=1S/C23H20N6O2S/c1-14-10-11-17(12-15(14)2)29-19(16-8-6-5-7-9-16)25-26-22(29)32-21-18(13-24)20(30)27(3)23(31)28(21)4/h5-12H,1-4H3. The van der Waals surface area contributed by atoms with Gasteiger partial charge < -0.3 is 0 Å². The second kappa shape index (κ2) is 8.32. The molecule has 0 N–H and O–H groups in total. The van der Waals surface area contributed by atoms with E-state index < -0.39 is 11.2 Å². The zero-order valence-corrected chi connectivity index (χ0v) is 18.8. The second-order valence-corrected chi connectivity index (χ2v) is 8.33. The van der Waals surface area contributed by atoms with Crippen LogP contribution < -0.4 is 11.2 Å². The molecule has 0 spiro atoms. The van der Waals surface area contributed by atoms with Gasteiger partial charge in [0.15, 0.2) is 5.82 Å². The van der Waals surface area contributed by atoms with Gasteiger partial charge in [-0.3, -0.25) is 18.5 Å². The third-order valence-electron chi connectivity index (χ3n) is 5.32. The summed E-state index contributed by atoms with van der Waals surface area (Å²) in [7, 11) is 2.88. The van der Waals surface area contributed by atoms with Crippen LogP contribution in [0.5, 0.6) is 0 Å². The number of nitriles is 1. The van der Waals surface area contributed by atoms with E-state index in [1.807, 2.05) is 73.0 Å². The van der Waals surface area contributed by atoms with Crippen molar-refractivity contribution < 1.29 is 0 Å². The summed E-state index contributed by atoms with van der Waals surface area (Å²) in [4.78, 5) is 25.0. The van der Waals surface area contributed by atoms with Crippen molar-refractivity contribution in [1.29, 1.82) is 5.26 Å². The largest absolute Gasteiger partial charge is 0.331 e. The van der Waals surface area contributed by atoms with Crippen molar-refractivity contribution in [3.8, 4) is 23.1 Å². The molecule has 0 atom stereocenters. The maximum atomic E-state index is 12.5. The molecule has 4 rings (SSSR count). The Morgan fingerprint density at radius 3 is 2.31 bits per heavy atom. The van der Waals surface area contributed by atoms with Gasteiger partial charge in [0.2, 0.25) is 5.16 Å². The molecule has 2 heterocycles. The quantitative estimate of drug-likeness (QED) is 0.449. The summed E-state index contributed by atoms with van der Waals surface area (Å²) in [5, 5.41) is 19.0. The van der Waals surface area contributed by atoms with Gasteiger partial charge >= 0.3 is 5.69 Å². The molecule has 0 saturated heterocycles. The Morgan fingerprint density at radius 2 is 1.66 bits per heavy atom. The maximum Gasteiger partial charge on any atom is 0.331 e. The summed E-state index contributed by atoms with van der Waals surface area (Å²) < 4.78 is 4.08. The fourth-order valence-corrected chi connectivity index (χ4v) is 4.32. The van der Waals surface area contributed by atoms with Gasteiger partial charge in [0.1, 0.15) is 16.7 Å². The summed E-state index contributed by atoms with van der Waals surface area (Å²) in [6.07, 6.45) is 0. The maximum absolute atomic E-state index is 12.5. The van der Waals surface area contributed by atoms with E-state index in [4.69, 9.17) is 0 Å². The Hall–Kier alpha value is -3.90. The molecular weight excluding hydrogens is 424 g/mol. The van der Waals surface area contributed by atoms with Crippen LogP contribution in [-0.2, 0) is 14.1 Å². The van der Waals surface area contributed by atoms with E-state index in [0.29, 0.717) is 11.0 Å². The van der Waals surface area contributed by atoms with E-state index in [1.54, 1.807) is 0 Å². The lowest BCUT2D eigenvalue weighted by atomic mass is 10.1. The average molecular weight is 445 g/mol. The van der Waals surface area contributed by atoms with Crippen molar-refractivity contribution >= 4 is 11.8 Å². The molecule has 0 unspecified atom stereocenters. The first-order valence-electron chi connectivity index (χ1n) is 9.80. The highest BCUT2D eigenvalue weighted by Gasteiger charge is 2.22. The van der Waals surface area contributed by atoms with Crippen molar-refractivity contribution in [2.75, 3.05) is 0 Å². The number of benzene rings is 2. The van der Waals surface area contributed by atoms with E-state index in [9.17, 15) is 14.9 Å². The second-order valence-electron chi connectivity index (χ2n) is 7.38. The van der Waals surface area contributed by atoms with Crippen molar-refractivity contribution in [3.05, 3.63) is 86.1 Å². The topological polar surface area (TPSA) is 98.5 Å². The van der Waals surface area contributed by atoms with Gasteiger partial charge in [0.05, 0.1) is 5.69 Å². The van der Waals surface area contributed by atoms with Crippen LogP contribution >= 0.6 is 11.8 Å². The lowest BCUT2D eigenvalue weighted by Crippen LogP contribution is -2.39. The zero-order chi connectivity index (χ0) is 23.0. The lowest BCUT2D eigenvalue weighted by Gasteiger charge is -2.14. The molecule has 0 aliphatic rings. The Kier molecular flexibility index (Phi) is 5.55. The summed E-state index contributed by atoms with van der Waals surface area (Å²) in [6, 6.07) is 17.6. The molecule has 2 aromatic heterocycles. The minimum Gasteiger partial charge on any atom is -0.289 e. The molecule has 0 aliphatic heterocycles. The van der Waals surface area contributed by atoms with Crippen LogP contribution in [0.25, 0.3) is 17.1 Å². The van der Waals surface area contributed by atoms with Crippen molar-refractivity contribution in [2.45, 2.75) is 24.0 Å². The Bertz CT molecular complexity index is 1490. The molecule has 9 heteroatoms. The molecule has 2 aromatic carbocycles. The molecular formula is C23H20N6O2S. The molecule has 8 nitrogen and oxygen atoms in total. The van der Waals surface area contributed by atoms with E-state index in [-0.39, 0.29) is 10.6 Å². The molecule has 0 amide bonds. The fourth-order valence-electron chi connectivity index (χ4n) is 3.33. The van der Waals surface area contributed by atoms with Crippen LogP contribution in [0, 0.1) is 25.2 Å². The van der Waals surface area contributed by atoms with E-state index in [1.165, 1.54) is 18.7 Å². The lowest BCUT2D eigenvalue weighted by molar-refractivity contribution is 0.630. The van der Waals surface area contributed by atoms with Gasteiger partial charge in [-0.05, 0) is 48.9 Å². The molecule has 0 bridgehead atoms. The van der Waals surface area contributed by atoms with E-state index >= 15 is 0 Å². The summed E-state index contributed by atoms with van der Waals surface area (Å²) >= 11 is 1.07. The Morgan fingerprint density at radius 1 is 0.938 bits per heavy atom. The van der Waals surface area contributed by atoms with E-state index in [0.717, 1.165) is 38.7 Å². The molecule has 32 heavy (non-hydrogen) atoms. The zero-order valence-electron chi connectivity index (χ0n) is 18.0. The van der Waals surface area contributed by atoms with Gasteiger partial charge in [-0.1, -0.05) is 36.4 Å². The molecule has 0 fully saturated rings. The normalized spacial score (nSPS) is 10.8. The average Bonchev–Trinajstić information content (AvgIpc) is 3.22. The summed E-state index contributed by atoms with van der Waals surface area (Å²) in [5.74, 6) is 0.615. The highest BCUT2D eigenvalue weighted by Crippen LogP contribution is 2.33. The van der Waals surface area contributed by atoms with Crippen LogP contribution in [0.1, 0.15) is 16.7 Å². The SMILES string of the molecule is Cc1ccc(-n2c(Sc3c(C#N)c(=O)n(C)c(=O)n3C)nnc2-c2ccccc2)cc1C. The number of aromatic nitrogens is 5. The number of nitrogens with zero attached hydrogens (tertiary/aromatic N) is 6. The van der Waals surface area contributed by atoms with Crippen molar-refractivity contribution in [3.63, 3.8) is 0 Å². The van der Waals surface area contributed by atoms with Gasteiger partial charge in [0.25, 0.3) is 5.56 Å². The van der Waals surface area contributed by atoms with Crippen LogP contribution in [0.4, 0.5) is 0 Å². The van der Waals surface area contributed by atoms with Gasteiger partial charge in [-0.15, -0.1) is 10.2 Å². The van der Waals surface area contributed by atoms with Crippen molar-refractivity contribution in [2.24, 2.45) is 14.1 Å². The predicted octanol–water partition coefficient (Wildman–Crippen LogP) is 2.97. The number of hydrogen-bond acceptors (Lipinski definition) is 6. The Labute approximate surface area is 188 Å². The van der Waals surface area contributed by atoms with Gasteiger partial charge in [-0.25, -0.2) is 4.79 Å². The third-order valence-corrected chi connectivity index (χ3v) is 6.44. The monoisotopic (exact) mass is 444 g/mol. The first kappa shape index (κ1) is 21.3. The first-order chi connectivity index (χ1) is 15.3. The minimum absolute atomic E-state index is 0.115. The number of aryl methyl sites for hydroxylation is 2. The fraction of sp³-hybridized carbons (Fsp3) is 0.174.